The molecule has 9 nitrogen and oxygen atoms in total. The summed E-state index contributed by atoms with van der Waals surface area (Å²) in [5.41, 5.74) is 6.80. The minimum absolute atomic E-state index is 0.0794. The van der Waals surface area contributed by atoms with Gasteiger partial charge in [0.25, 0.3) is 0 Å². The summed E-state index contributed by atoms with van der Waals surface area (Å²) in [6, 6.07) is 6.39. The second kappa shape index (κ2) is 11.1. The number of carbonyl (C=O) groups excluding carboxylic acids is 2. The molecule has 0 atom stereocenters. The van der Waals surface area contributed by atoms with Crippen LogP contribution in [0.25, 0.3) is 16.9 Å². The molecule has 0 fully saturated rings. The van der Waals surface area contributed by atoms with Gasteiger partial charge in [-0.3, -0.25) is 0 Å². The Labute approximate surface area is 232 Å². The number of rotatable bonds is 6. The van der Waals surface area contributed by atoms with Crippen molar-refractivity contribution in [2.45, 2.75) is 60.1 Å². The van der Waals surface area contributed by atoms with E-state index in [1.807, 2.05) is 32.9 Å². The monoisotopic (exact) mass is 555 g/mol. The molecule has 40 heavy (non-hydrogen) atoms. The largest absolute Gasteiger partial charge is 0.491 e. The van der Waals surface area contributed by atoms with Gasteiger partial charge in [-0.15, -0.1) is 0 Å². The Balaban J connectivity index is 1.92. The molecule has 1 aliphatic heterocycles. The van der Waals surface area contributed by atoms with Gasteiger partial charge >= 0.3 is 12.1 Å². The number of urea groups is 1. The van der Waals surface area contributed by atoms with E-state index < -0.39 is 29.4 Å². The molecule has 0 spiro atoms. The molecule has 0 bridgehead atoms. The number of para-hydroxylation sites is 1. The molecule has 1 aromatic heterocycles. The molecular formula is C29H35F2N5O4. The quantitative estimate of drug-likeness (QED) is 0.391. The standard InChI is InChI=1S/C29H35F2N5O4/c1-16(2)15-39-24-9-7-8-17(3)25(24)36-26(18-12-21(31)23(13-20(18)30)33-27(32)37)19-14-35(11-10-22(19)34-36)28(38)40-29(4,5)6/h7-9,12-13,16H,10-11,14-15H2,1-6H3,(H3,32,33,37). The Bertz CT molecular complexity index is 1450. The number of aromatic nitrogens is 2. The normalized spacial score (nSPS) is 13.3. The Morgan fingerprint density at radius 1 is 1.18 bits per heavy atom. The predicted octanol–water partition coefficient (Wildman–Crippen LogP) is 5.94. The number of halogens is 2. The van der Waals surface area contributed by atoms with E-state index in [9.17, 15) is 9.59 Å². The number of anilines is 1. The molecule has 3 aromatic rings. The molecular weight excluding hydrogens is 520 g/mol. The summed E-state index contributed by atoms with van der Waals surface area (Å²) in [7, 11) is 0. The summed E-state index contributed by atoms with van der Waals surface area (Å²) in [5, 5.41) is 6.93. The van der Waals surface area contributed by atoms with Crippen LogP contribution in [0.1, 0.15) is 51.4 Å². The highest BCUT2D eigenvalue weighted by Gasteiger charge is 2.33. The van der Waals surface area contributed by atoms with Crippen LogP contribution in [-0.4, -0.2) is 45.6 Å². The number of nitrogens with one attached hydrogen (secondary N) is 1. The minimum atomic E-state index is -1.02. The van der Waals surface area contributed by atoms with Gasteiger partial charge in [0.2, 0.25) is 0 Å². The fourth-order valence-electron chi connectivity index (χ4n) is 4.53. The molecule has 214 valence electrons. The molecule has 3 amide bonds. The van der Waals surface area contributed by atoms with E-state index in [2.05, 4.69) is 5.32 Å². The first-order valence-electron chi connectivity index (χ1n) is 13.1. The second-order valence-electron chi connectivity index (χ2n) is 11.3. The lowest BCUT2D eigenvalue weighted by molar-refractivity contribution is 0.0224. The summed E-state index contributed by atoms with van der Waals surface area (Å²) in [4.78, 5) is 25.8. The lowest BCUT2D eigenvalue weighted by Crippen LogP contribution is -2.39. The fraction of sp³-hybridized carbons (Fsp3) is 0.414. The van der Waals surface area contributed by atoms with Gasteiger partial charge in [0, 0.05) is 30.2 Å². The number of carbonyl (C=O) groups is 2. The van der Waals surface area contributed by atoms with Crippen molar-refractivity contribution in [1.82, 2.24) is 14.7 Å². The third kappa shape index (κ3) is 6.19. The Kier molecular flexibility index (Phi) is 8.04. The highest BCUT2D eigenvalue weighted by molar-refractivity contribution is 5.88. The molecule has 0 unspecified atom stereocenters. The van der Waals surface area contributed by atoms with Crippen LogP contribution in [0.5, 0.6) is 5.75 Å². The highest BCUT2D eigenvalue weighted by Crippen LogP contribution is 2.39. The molecule has 2 aromatic carbocycles. The highest BCUT2D eigenvalue weighted by atomic mass is 19.1. The number of aryl methyl sites for hydroxylation is 1. The van der Waals surface area contributed by atoms with Gasteiger partial charge < -0.3 is 25.4 Å². The maximum Gasteiger partial charge on any atom is 0.410 e. The van der Waals surface area contributed by atoms with Crippen LogP contribution < -0.4 is 15.8 Å². The van der Waals surface area contributed by atoms with E-state index in [4.69, 9.17) is 20.3 Å². The van der Waals surface area contributed by atoms with Crippen molar-refractivity contribution >= 4 is 17.8 Å². The van der Waals surface area contributed by atoms with Crippen molar-refractivity contribution in [3.63, 3.8) is 0 Å². The van der Waals surface area contributed by atoms with Gasteiger partial charge in [0.1, 0.15) is 28.7 Å². The second-order valence-corrected chi connectivity index (χ2v) is 11.3. The van der Waals surface area contributed by atoms with Crippen molar-refractivity contribution in [2.75, 3.05) is 18.5 Å². The number of primary amides is 1. The van der Waals surface area contributed by atoms with Crippen molar-refractivity contribution < 1.29 is 27.8 Å². The summed E-state index contributed by atoms with van der Waals surface area (Å²) in [5.74, 6) is -0.899. The van der Waals surface area contributed by atoms with E-state index in [0.717, 1.165) is 17.7 Å². The molecule has 0 saturated heterocycles. The number of nitrogens with zero attached hydrogens (tertiary/aromatic N) is 3. The van der Waals surface area contributed by atoms with Crippen LogP contribution in [-0.2, 0) is 17.7 Å². The third-order valence-electron chi connectivity index (χ3n) is 6.24. The summed E-state index contributed by atoms with van der Waals surface area (Å²) in [6.45, 7) is 12.1. The van der Waals surface area contributed by atoms with Crippen LogP contribution in [0.3, 0.4) is 0 Å². The minimum Gasteiger partial charge on any atom is -0.491 e. The van der Waals surface area contributed by atoms with Gasteiger partial charge in [-0.05, 0) is 51.3 Å². The molecule has 1 aliphatic rings. The molecule has 0 radical (unpaired) electrons. The Morgan fingerprint density at radius 3 is 2.55 bits per heavy atom. The molecule has 0 aliphatic carbocycles. The molecule has 2 heterocycles. The van der Waals surface area contributed by atoms with E-state index in [-0.39, 0.29) is 29.4 Å². The summed E-state index contributed by atoms with van der Waals surface area (Å²) in [6.07, 6.45) is -0.130. The lowest BCUT2D eigenvalue weighted by Gasteiger charge is -2.30. The first kappa shape index (κ1) is 28.8. The maximum atomic E-state index is 15.7. The van der Waals surface area contributed by atoms with Crippen molar-refractivity contribution in [3.8, 4) is 22.7 Å². The van der Waals surface area contributed by atoms with Gasteiger partial charge in [-0.25, -0.2) is 23.1 Å². The number of benzene rings is 2. The Morgan fingerprint density at radius 2 is 1.90 bits per heavy atom. The van der Waals surface area contributed by atoms with Crippen LogP contribution in [0.2, 0.25) is 0 Å². The lowest BCUT2D eigenvalue weighted by atomic mass is 9.99. The van der Waals surface area contributed by atoms with Crippen molar-refractivity contribution in [3.05, 3.63) is 58.8 Å². The van der Waals surface area contributed by atoms with Crippen LogP contribution in [0.15, 0.2) is 30.3 Å². The molecule has 3 N–H and O–H groups in total. The van der Waals surface area contributed by atoms with Gasteiger partial charge in [0.15, 0.2) is 0 Å². The van der Waals surface area contributed by atoms with E-state index in [0.29, 0.717) is 42.3 Å². The van der Waals surface area contributed by atoms with Gasteiger partial charge in [-0.2, -0.15) is 5.10 Å². The van der Waals surface area contributed by atoms with E-state index in [1.165, 1.54) is 4.90 Å². The summed E-state index contributed by atoms with van der Waals surface area (Å²) >= 11 is 0. The maximum absolute atomic E-state index is 15.7. The van der Waals surface area contributed by atoms with E-state index in [1.54, 1.807) is 31.5 Å². The van der Waals surface area contributed by atoms with Crippen LogP contribution >= 0.6 is 0 Å². The average molecular weight is 556 g/mol. The zero-order chi connectivity index (χ0) is 29.4. The smallest absolute Gasteiger partial charge is 0.410 e. The third-order valence-corrected chi connectivity index (χ3v) is 6.24. The number of hydrogen-bond acceptors (Lipinski definition) is 5. The van der Waals surface area contributed by atoms with Crippen molar-refractivity contribution in [1.29, 1.82) is 0 Å². The zero-order valence-electron chi connectivity index (χ0n) is 23.6. The van der Waals surface area contributed by atoms with Crippen molar-refractivity contribution in [2.24, 2.45) is 11.7 Å². The molecule has 4 rings (SSSR count). The predicted molar refractivity (Wildman–Crippen MR) is 148 cm³/mol. The fourth-order valence-corrected chi connectivity index (χ4v) is 4.53. The average Bonchev–Trinajstić information content (AvgIpc) is 3.21. The van der Waals surface area contributed by atoms with Gasteiger partial charge in [0.05, 0.1) is 30.2 Å². The first-order chi connectivity index (χ1) is 18.7. The Hall–Kier alpha value is -4.15. The van der Waals surface area contributed by atoms with Crippen LogP contribution in [0.4, 0.5) is 24.1 Å². The number of fused-ring (bicyclic) bond motifs is 1. The van der Waals surface area contributed by atoms with Gasteiger partial charge in [-0.1, -0.05) is 26.0 Å². The molecule has 0 saturated carbocycles. The SMILES string of the molecule is Cc1cccc(OCC(C)C)c1-n1nc2c(c1-c1cc(F)c(NC(N)=O)cc1F)CN(C(=O)OC(C)(C)C)CC2. The topological polar surface area (TPSA) is 112 Å². The number of ether oxygens (including phenoxy) is 2. The number of nitrogens with two attached hydrogens (primary N) is 1. The first-order valence-corrected chi connectivity index (χ1v) is 13.1. The molecule has 11 heteroatoms. The summed E-state index contributed by atoms with van der Waals surface area (Å²) < 4.78 is 44.1. The number of amides is 3. The van der Waals surface area contributed by atoms with E-state index >= 15 is 8.78 Å². The zero-order valence-corrected chi connectivity index (χ0v) is 23.6. The number of hydrogen-bond donors (Lipinski definition) is 2. The van der Waals surface area contributed by atoms with Crippen LogP contribution in [0, 0.1) is 24.5 Å².